The molecule has 1 aromatic rings. The zero-order valence-electron chi connectivity index (χ0n) is 9.26. The highest BCUT2D eigenvalue weighted by Crippen LogP contribution is 2.40. The molecule has 1 fully saturated rings. The summed E-state index contributed by atoms with van der Waals surface area (Å²) in [7, 11) is 0. The summed E-state index contributed by atoms with van der Waals surface area (Å²) < 4.78 is 2.07. The molecule has 0 spiro atoms. The summed E-state index contributed by atoms with van der Waals surface area (Å²) in [5.74, 6) is 1.62. The lowest BCUT2D eigenvalue weighted by Gasteiger charge is -2.07. The van der Waals surface area contributed by atoms with Crippen LogP contribution in [0.2, 0.25) is 0 Å². The fourth-order valence-electron chi connectivity index (χ4n) is 1.52. The van der Waals surface area contributed by atoms with Gasteiger partial charge in [0.2, 0.25) is 0 Å². The van der Waals surface area contributed by atoms with Gasteiger partial charge in [0.05, 0.1) is 11.3 Å². The first kappa shape index (κ1) is 11.2. The van der Waals surface area contributed by atoms with Crippen LogP contribution in [0.4, 0.5) is 0 Å². The minimum absolute atomic E-state index is 0.0974. The van der Waals surface area contributed by atoms with Gasteiger partial charge in [-0.25, -0.2) is 0 Å². The minimum Gasteiger partial charge on any atom is -0.302 e. The van der Waals surface area contributed by atoms with Crippen molar-refractivity contribution in [1.82, 2.24) is 14.8 Å². The molecule has 0 aromatic carbocycles. The molecule has 0 radical (unpaired) electrons. The summed E-state index contributed by atoms with van der Waals surface area (Å²) in [6, 6.07) is 2.19. The fourth-order valence-corrected chi connectivity index (χ4v) is 2.27. The predicted molar refractivity (Wildman–Crippen MR) is 63.1 cm³/mol. The third-order valence-corrected chi connectivity index (χ3v) is 3.44. The number of nitriles is 1. The smallest absolute Gasteiger partial charge is 0.192 e. The molecular weight excluding hydrogens is 220 g/mol. The van der Waals surface area contributed by atoms with Gasteiger partial charge in [-0.05, 0) is 19.8 Å². The van der Waals surface area contributed by atoms with Crippen molar-refractivity contribution in [3.05, 3.63) is 18.5 Å². The van der Waals surface area contributed by atoms with E-state index in [1.54, 1.807) is 0 Å². The Morgan fingerprint density at radius 2 is 2.44 bits per heavy atom. The predicted octanol–water partition coefficient (Wildman–Crippen LogP) is 2.35. The summed E-state index contributed by atoms with van der Waals surface area (Å²) in [6.45, 7) is 6.34. The third kappa shape index (κ3) is 2.27. The molecule has 1 atom stereocenters. The maximum atomic E-state index is 8.80. The molecule has 1 aliphatic rings. The second kappa shape index (κ2) is 4.71. The Morgan fingerprint density at radius 1 is 1.69 bits per heavy atom. The average Bonchev–Trinajstić information content (AvgIpc) is 3.05. The number of rotatable bonds is 5. The largest absolute Gasteiger partial charge is 0.302 e. The number of aromatic nitrogens is 3. The molecule has 0 bridgehead atoms. The zero-order valence-corrected chi connectivity index (χ0v) is 10.1. The van der Waals surface area contributed by atoms with Crippen LogP contribution >= 0.6 is 11.8 Å². The number of nitrogens with zero attached hydrogens (tertiary/aromatic N) is 4. The third-order valence-electron chi connectivity index (χ3n) is 2.46. The van der Waals surface area contributed by atoms with Crippen LogP contribution in [0.25, 0.3) is 0 Å². The first-order chi connectivity index (χ1) is 7.76. The van der Waals surface area contributed by atoms with Crippen molar-refractivity contribution in [2.45, 2.75) is 42.6 Å². The second-order valence-electron chi connectivity index (χ2n) is 3.90. The Bertz CT molecular complexity index is 428. The lowest BCUT2D eigenvalue weighted by atomic mass is 10.4. The van der Waals surface area contributed by atoms with E-state index in [0.29, 0.717) is 5.92 Å². The highest BCUT2D eigenvalue weighted by Gasteiger charge is 2.30. The SMILES string of the molecule is C=CCn1c(SC(C)C#N)nnc1C1CC1. The molecule has 1 aliphatic carbocycles. The molecular formula is C11H14N4S. The Labute approximate surface area is 99.4 Å². The van der Waals surface area contributed by atoms with E-state index in [-0.39, 0.29) is 5.25 Å². The second-order valence-corrected chi connectivity index (χ2v) is 5.21. The highest BCUT2D eigenvalue weighted by atomic mass is 32.2. The van der Waals surface area contributed by atoms with Crippen molar-refractivity contribution in [2.75, 3.05) is 0 Å². The van der Waals surface area contributed by atoms with Crippen LogP contribution in [-0.4, -0.2) is 20.0 Å². The van der Waals surface area contributed by atoms with Crippen molar-refractivity contribution >= 4 is 11.8 Å². The van der Waals surface area contributed by atoms with Gasteiger partial charge in [-0.1, -0.05) is 17.8 Å². The van der Waals surface area contributed by atoms with Crippen molar-refractivity contribution in [3.63, 3.8) is 0 Å². The molecule has 0 saturated heterocycles. The van der Waals surface area contributed by atoms with Gasteiger partial charge in [0.15, 0.2) is 5.16 Å². The van der Waals surface area contributed by atoms with E-state index in [0.717, 1.165) is 17.5 Å². The first-order valence-electron chi connectivity index (χ1n) is 5.36. The molecule has 1 unspecified atom stereocenters. The molecule has 84 valence electrons. The van der Waals surface area contributed by atoms with Gasteiger partial charge in [-0.3, -0.25) is 0 Å². The topological polar surface area (TPSA) is 54.5 Å². The molecule has 1 saturated carbocycles. The molecule has 0 N–H and O–H groups in total. The molecule has 0 aliphatic heterocycles. The lowest BCUT2D eigenvalue weighted by Crippen LogP contribution is -2.04. The first-order valence-corrected chi connectivity index (χ1v) is 6.24. The molecule has 0 amide bonds. The van der Waals surface area contributed by atoms with Crippen LogP contribution in [-0.2, 0) is 6.54 Å². The summed E-state index contributed by atoms with van der Waals surface area (Å²) in [5.41, 5.74) is 0. The van der Waals surface area contributed by atoms with Crippen LogP contribution in [0.1, 0.15) is 31.5 Å². The summed E-state index contributed by atoms with van der Waals surface area (Å²) in [4.78, 5) is 0. The molecule has 2 rings (SSSR count). The number of thioether (sulfide) groups is 1. The maximum Gasteiger partial charge on any atom is 0.192 e. The summed E-state index contributed by atoms with van der Waals surface area (Å²) >= 11 is 1.46. The van der Waals surface area contributed by atoms with Crippen molar-refractivity contribution in [2.24, 2.45) is 0 Å². The summed E-state index contributed by atoms with van der Waals surface area (Å²) in [6.07, 6.45) is 4.25. The quantitative estimate of drug-likeness (QED) is 0.579. The number of hydrogen-bond donors (Lipinski definition) is 0. The zero-order chi connectivity index (χ0) is 11.5. The Kier molecular flexibility index (Phi) is 3.30. The number of hydrogen-bond acceptors (Lipinski definition) is 4. The fraction of sp³-hybridized carbons (Fsp3) is 0.545. The number of allylic oxidation sites excluding steroid dienone is 1. The van der Waals surface area contributed by atoms with Crippen molar-refractivity contribution in [1.29, 1.82) is 5.26 Å². The Hall–Kier alpha value is -1.28. The van der Waals surface area contributed by atoms with Crippen LogP contribution in [0.15, 0.2) is 17.8 Å². The van der Waals surface area contributed by atoms with Crippen LogP contribution in [0.5, 0.6) is 0 Å². The molecule has 16 heavy (non-hydrogen) atoms. The van der Waals surface area contributed by atoms with Crippen molar-refractivity contribution < 1.29 is 0 Å². The van der Waals surface area contributed by atoms with Gasteiger partial charge >= 0.3 is 0 Å². The van der Waals surface area contributed by atoms with Crippen LogP contribution < -0.4 is 0 Å². The van der Waals surface area contributed by atoms with Crippen LogP contribution in [0.3, 0.4) is 0 Å². The molecule has 5 heteroatoms. The van der Waals surface area contributed by atoms with E-state index >= 15 is 0 Å². The van der Waals surface area contributed by atoms with E-state index in [9.17, 15) is 0 Å². The van der Waals surface area contributed by atoms with Gasteiger partial charge in [0.25, 0.3) is 0 Å². The van der Waals surface area contributed by atoms with Crippen LogP contribution in [0, 0.1) is 11.3 Å². The molecule has 4 nitrogen and oxygen atoms in total. The lowest BCUT2D eigenvalue weighted by molar-refractivity contribution is 0.681. The van der Waals surface area contributed by atoms with Gasteiger partial charge in [-0.15, -0.1) is 16.8 Å². The maximum absolute atomic E-state index is 8.80. The summed E-state index contributed by atoms with van der Waals surface area (Å²) in [5, 5.41) is 17.9. The normalized spacial score (nSPS) is 16.8. The average molecular weight is 234 g/mol. The van der Waals surface area contributed by atoms with E-state index in [1.165, 1.54) is 24.6 Å². The standard InChI is InChI=1S/C11H14N4S/c1-3-6-15-10(9-4-5-9)13-14-11(15)16-8(2)7-12/h3,8-9H,1,4-6H2,2H3. The molecule has 1 aromatic heterocycles. The van der Waals surface area contributed by atoms with Crippen molar-refractivity contribution in [3.8, 4) is 6.07 Å². The molecule has 1 heterocycles. The van der Waals surface area contributed by atoms with E-state index in [2.05, 4.69) is 27.4 Å². The van der Waals surface area contributed by atoms with E-state index in [1.807, 2.05) is 13.0 Å². The Morgan fingerprint density at radius 3 is 3.00 bits per heavy atom. The van der Waals surface area contributed by atoms with E-state index in [4.69, 9.17) is 5.26 Å². The van der Waals surface area contributed by atoms with Gasteiger partial charge in [0, 0.05) is 12.5 Å². The van der Waals surface area contributed by atoms with Gasteiger partial charge < -0.3 is 4.57 Å². The Balaban J connectivity index is 2.23. The van der Waals surface area contributed by atoms with Gasteiger partial charge in [0.1, 0.15) is 5.82 Å². The van der Waals surface area contributed by atoms with E-state index < -0.39 is 0 Å². The van der Waals surface area contributed by atoms with Gasteiger partial charge in [-0.2, -0.15) is 5.26 Å². The highest BCUT2D eigenvalue weighted by molar-refractivity contribution is 8.00. The minimum atomic E-state index is -0.0974. The monoisotopic (exact) mass is 234 g/mol.